The van der Waals surface area contributed by atoms with E-state index in [-0.39, 0.29) is 6.04 Å². The van der Waals surface area contributed by atoms with Gasteiger partial charge < -0.3 is 0 Å². The Hall–Kier alpha value is -1.61. The number of hydroxylamine groups is 1. The third-order valence-corrected chi connectivity index (χ3v) is 3.05. The van der Waals surface area contributed by atoms with Crippen molar-refractivity contribution in [1.82, 2.24) is 5.48 Å². The Morgan fingerprint density at radius 2 is 1.80 bits per heavy atom. The quantitative estimate of drug-likeness (QED) is 0.792. The van der Waals surface area contributed by atoms with E-state index in [0.29, 0.717) is 6.61 Å². The van der Waals surface area contributed by atoms with Gasteiger partial charge in [-0.15, -0.1) is 0 Å². The van der Waals surface area contributed by atoms with E-state index in [1.54, 1.807) is 0 Å². The molecule has 20 heavy (non-hydrogen) atoms. The van der Waals surface area contributed by atoms with E-state index in [2.05, 4.69) is 5.48 Å². The Bertz CT molecular complexity index is 537. The zero-order valence-electron chi connectivity index (χ0n) is 11.4. The third kappa shape index (κ3) is 5.17. The van der Waals surface area contributed by atoms with Gasteiger partial charge in [-0.1, -0.05) is 66.2 Å². The van der Waals surface area contributed by atoms with Gasteiger partial charge in [0.25, 0.3) is 0 Å². The number of hydrogen-bond donors (Lipinski definition) is 1. The normalized spacial score (nSPS) is 12.7. The van der Waals surface area contributed by atoms with Crippen molar-refractivity contribution in [2.24, 2.45) is 0 Å². The summed E-state index contributed by atoms with van der Waals surface area (Å²) in [6, 6.07) is 17.9. The zero-order chi connectivity index (χ0) is 14.2. The highest BCUT2D eigenvalue weighted by atomic mass is 35.5. The van der Waals surface area contributed by atoms with E-state index in [0.717, 1.165) is 16.1 Å². The fourth-order valence-corrected chi connectivity index (χ4v) is 1.83. The predicted octanol–water partition coefficient (Wildman–Crippen LogP) is 4.46. The van der Waals surface area contributed by atoms with Gasteiger partial charge in [0.05, 0.1) is 6.61 Å². The molecule has 104 valence electrons. The molecule has 1 atom stereocenters. The zero-order valence-corrected chi connectivity index (χ0v) is 12.2. The van der Waals surface area contributed by atoms with Crippen LogP contribution in [0.3, 0.4) is 0 Å². The molecule has 1 unspecified atom stereocenters. The fourth-order valence-electron chi connectivity index (χ4n) is 1.70. The fraction of sp³-hybridized carbons (Fsp3) is 0.176. The Labute approximate surface area is 125 Å². The van der Waals surface area contributed by atoms with Gasteiger partial charge in [-0.3, -0.25) is 4.84 Å². The lowest BCUT2D eigenvalue weighted by molar-refractivity contribution is 0.0172. The summed E-state index contributed by atoms with van der Waals surface area (Å²) in [5.41, 5.74) is 5.26. The molecule has 2 rings (SSSR count). The van der Waals surface area contributed by atoms with Crippen molar-refractivity contribution in [3.05, 3.63) is 76.8 Å². The molecular weight excluding hydrogens is 270 g/mol. The van der Waals surface area contributed by atoms with Gasteiger partial charge in [0, 0.05) is 11.1 Å². The van der Waals surface area contributed by atoms with E-state index in [9.17, 15) is 0 Å². The molecule has 2 aromatic carbocycles. The molecule has 0 amide bonds. The molecule has 0 aliphatic rings. The van der Waals surface area contributed by atoms with Crippen LogP contribution in [0.2, 0.25) is 5.02 Å². The minimum Gasteiger partial charge on any atom is -0.296 e. The van der Waals surface area contributed by atoms with Gasteiger partial charge in [-0.2, -0.15) is 5.48 Å². The van der Waals surface area contributed by atoms with Gasteiger partial charge in [-0.25, -0.2) is 0 Å². The molecule has 0 aliphatic heterocycles. The summed E-state index contributed by atoms with van der Waals surface area (Å²) < 4.78 is 0. The monoisotopic (exact) mass is 287 g/mol. The van der Waals surface area contributed by atoms with E-state index >= 15 is 0 Å². The first-order valence-electron chi connectivity index (χ1n) is 6.59. The second-order valence-corrected chi connectivity index (χ2v) is 5.03. The average molecular weight is 288 g/mol. The molecule has 0 bridgehead atoms. The number of rotatable bonds is 6. The maximum atomic E-state index is 5.84. The standard InChI is InChI=1S/C17H18ClNO/c1-14(7-8-15-9-11-17(18)12-10-15)19-20-13-16-5-3-2-4-6-16/h2-12,14,19H,13H2,1H3. The first-order chi connectivity index (χ1) is 9.74. The minimum atomic E-state index is 0.134. The maximum absolute atomic E-state index is 5.84. The van der Waals surface area contributed by atoms with Crippen LogP contribution in [0.5, 0.6) is 0 Å². The Balaban J connectivity index is 1.75. The van der Waals surface area contributed by atoms with Gasteiger partial charge in [-0.05, 0) is 30.2 Å². The smallest absolute Gasteiger partial charge is 0.0933 e. The average Bonchev–Trinajstić information content (AvgIpc) is 2.48. The molecule has 3 heteroatoms. The molecule has 0 saturated heterocycles. The molecule has 0 fully saturated rings. The Kier molecular flexibility index (Phi) is 5.81. The van der Waals surface area contributed by atoms with Crippen molar-refractivity contribution in [3.63, 3.8) is 0 Å². The second kappa shape index (κ2) is 7.85. The maximum Gasteiger partial charge on any atom is 0.0933 e. The highest BCUT2D eigenvalue weighted by Gasteiger charge is 1.97. The van der Waals surface area contributed by atoms with Crippen LogP contribution in [-0.2, 0) is 11.4 Å². The summed E-state index contributed by atoms with van der Waals surface area (Å²) in [5, 5.41) is 0.750. The number of hydrogen-bond acceptors (Lipinski definition) is 2. The van der Waals surface area contributed by atoms with Crippen molar-refractivity contribution >= 4 is 17.7 Å². The molecule has 0 aromatic heterocycles. The highest BCUT2D eigenvalue weighted by Crippen LogP contribution is 2.10. The van der Waals surface area contributed by atoms with Crippen LogP contribution in [-0.4, -0.2) is 6.04 Å². The summed E-state index contributed by atoms with van der Waals surface area (Å²) >= 11 is 5.84. The topological polar surface area (TPSA) is 21.3 Å². The lowest BCUT2D eigenvalue weighted by atomic mass is 10.2. The number of halogens is 1. The SMILES string of the molecule is CC(C=Cc1ccc(Cl)cc1)NOCc1ccccc1. The lowest BCUT2D eigenvalue weighted by Crippen LogP contribution is -2.23. The lowest BCUT2D eigenvalue weighted by Gasteiger charge is -2.09. The number of nitrogens with one attached hydrogen (secondary N) is 1. The predicted molar refractivity (Wildman–Crippen MR) is 84.3 cm³/mol. The molecule has 2 nitrogen and oxygen atoms in total. The van der Waals surface area contributed by atoms with Crippen LogP contribution in [0.15, 0.2) is 60.7 Å². The van der Waals surface area contributed by atoms with Crippen LogP contribution >= 0.6 is 11.6 Å². The summed E-state index contributed by atoms with van der Waals surface area (Å²) in [5.74, 6) is 0. The number of benzene rings is 2. The van der Waals surface area contributed by atoms with Crippen molar-refractivity contribution in [3.8, 4) is 0 Å². The Morgan fingerprint density at radius 3 is 2.50 bits per heavy atom. The summed E-state index contributed by atoms with van der Waals surface area (Å²) in [7, 11) is 0. The molecule has 2 aromatic rings. The summed E-state index contributed by atoms with van der Waals surface area (Å²) in [6.45, 7) is 2.59. The van der Waals surface area contributed by atoms with Gasteiger partial charge in [0.2, 0.25) is 0 Å². The minimum absolute atomic E-state index is 0.134. The molecule has 0 heterocycles. The van der Waals surface area contributed by atoms with Gasteiger partial charge in [0.15, 0.2) is 0 Å². The molecule has 0 saturated carbocycles. The van der Waals surface area contributed by atoms with E-state index in [4.69, 9.17) is 16.4 Å². The van der Waals surface area contributed by atoms with Crippen LogP contribution in [0.1, 0.15) is 18.1 Å². The van der Waals surface area contributed by atoms with Crippen LogP contribution in [0, 0.1) is 0 Å². The third-order valence-electron chi connectivity index (χ3n) is 2.80. The van der Waals surface area contributed by atoms with Crippen molar-refractivity contribution in [2.45, 2.75) is 19.6 Å². The summed E-state index contributed by atoms with van der Waals surface area (Å²) in [4.78, 5) is 5.47. The van der Waals surface area contributed by atoms with Crippen molar-refractivity contribution in [1.29, 1.82) is 0 Å². The van der Waals surface area contributed by atoms with Crippen LogP contribution in [0.4, 0.5) is 0 Å². The second-order valence-electron chi connectivity index (χ2n) is 4.59. The van der Waals surface area contributed by atoms with Crippen LogP contribution in [0.25, 0.3) is 6.08 Å². The van der Waals surface area contributed by atoms with E-state index < -0.39 is 0 Å². The van der Waals surface area contributed by atoms with Crippen LogP contribution < -0.4 is 5.48 Å². The molecule has 1 N–H and O–H groups in total. The van der Waals surface area contributed by atoms with Gasteiger partial charge in [0.1, 0.15) is 0 Å². The van der Waals surface area contributed by atoms with Crippen molar-refractivity contribution in [2.75, 3.05) is 0 Å². The van der Waals surface area contributed by atoms with Gasteiger partial charge >= 0.3 is 0 Å². The molecule has 0 radical (unpaired) electrons. The summed E-state index contributed by atoms with van der Waals surface area (Å²) in [6.07, 6.45) is 4.09. The van der Waals surface area contributed by atoms with Crippen molar-refractivity contribution < 1.29 is 4.84 Å². The van der Waals surface area contributed by atoms with E-state index in [1.165, 1.54) is 0 Å². The largest absolute Gasteiger partial charge is 0.296 e. The first kappa shape index (κ1) is 14.8. The molecule has 0 aliphatic carbocycles. The molecule has 0 spiro atoms. The Morgan fingerprint density at radius 1 is 1.10 bits per heavy atom. The van der Waals surface area contributed by atoms with E-state index in [1.807, 2.05) is 73.7 Å². The molecular formula is C17H18ClNO. The first-order valence-corrected chi connectivity index (χ1v) is 6.97. The highest BCUT2D eigenvalue weighted by molar-refractivity contribution is 6.30.